The fourth-order valence-corrected chi connectivity index (χ4v) is 7.24. The number of fused-ring (bicyclic) bond motifs is 1. The summed E-state index contributed by atoms with van der Waals surface area (Å²) in [5.41, 5.74) is 1.48. The summed E-state index contributed by atoms with van der Waals surface area (Å²) in [6.45, 7) is 2.33. The van der Waals surface area contributed by atoms with Crippen molar-refractivity contribution in [1.82, 2.24) is 5.32 Å². The van der Waals surface area contributed by atoms with Gasteiger partial charge in [0.1, 0.15) is 0 Å². The molecule has 3 atom stereocenters. The number of thioether (sulfide) groups is 2. The summed E-state index contributed by atoms with van der Waals surface area (Å²) < 4.78 is 1.46. The van der Waals surface area contributed by atoms with E-state index in [4.69, 9.17) is 0 Å². The third-order valence-corrected chi connectivity index (χ3v) is 8.31. The lowest BCUT2D eigenvalue weighted by Gasteiger charge is -2.36. The van der Waals surface area contributed by atoms with Crippen LogP contribution in [0.15, 0.2) is 29.6 Å². The molecule has 1 nitrogen and oxygen atoms in total. The Kier molecular flexibility index (Phi) is 4.97. The van der Waals surface area contributed by atoms with Crippen molar-refractivity contribution >= 4 is 44.9 Å². The minimum Gasteiger partial charge on any atom is -0.312 e. The third kappa shape index (κ3) is 2.76. The summed E-state index contributed by atoms with van der Waals surface area (Å²) in [6.07, 6.45) is 1.26. The van der Waals surface area contributed by atoms with E-state index in [-0.39, 0.29) is 0 Å². The first kappa shape index (κ1) is 14.8. The van der Waals surface area contributed by atoms with Crippen molar-refractivity contribution in [3.63, 3.8) is 0 Å². The fourth-order valence-electron chi connectivity index (χ4n) is 3.00. The molecule has 1 aromatic carbocycles. The van der Waals surface area contributed by atoms with Crippen molar-refractivity contribution < 1.29 is 0 Å². The largest absolute Gasteiger partial charge is 0.312 e. The molecule has 1 aromatic heterocycles. The van der Waals surface area contributed by atoms with Crippen LogP contribution in [0.5, 0.6) is 0 Å². The topological polar surface area (TPSA) is 12.0 Å². The van der Waals surface area contributed by atoms with E-state index in [0.29, 0.717) is 11.3 Å². The van der Waals surface area contributed by atoms with Crippen molar-refractivity contribution in [2.75, 3.05) is 18.6 Å². The van der Waals surface area contributed by atoms with Gasteiger partial charge in [-0.05, 0) is 35.9 Å². The van der Waals surface area contributed by atoms with Crippen LogP contribution in [0.2, 0.25) is 0 Å². The summed E-state index contributed by atoms with van der Waals surface area (Å²) in [5, 5.41) is 8.64. The highest BCUT2D eigenvalue weighted by Gasteiger charge is 2.33. The van der Waals surface area contributed by atoms with Crippen molar-refractivity contribution in [3.8, 4) is 0 Å². The van der Waals surface area contributed by atoms with Gasteiger partial charge in [0, 0.05) is 32.7 Å². The van der Waals surface area contributed by atoms with Crippen LogP contribution in [0.4, 0.5) is 0 Å². The number of benzene rings is 1. The molecule has 3 rings (SSSR count). The molecule has 0 aliphatic carbocycles. The number of rotatable bonds is 4. The maximum absolute atomic E-state index is 3.61. The second-order valence-corrected chi connectivity index (χ2v) is 8.65. The first-order chi connectivity index (χ1) is 9.85. The zero-order valence-electron chi connectivity index (χ0n) is 12.0. The quantitative estimate of drug-likeness (QED) is 0.869. The average molecular weight is 324 g/mol. The lowest BCUT2D eigenvalue weighted by atomic mass is 9.99. The monoisotopic (exact) mass is 323 g/mol. The second-order valence-electron chi connectivity index (χ2n) is 5.11. The Hall–Kier alpha value is -0.160. The predicted octanol–water partition coefficient (Wildman–Crippen LogP) is 4.79. The number of thiophene rings is 1. The van der Waals surface area contributed by atoms with E-state index in [0.717, 1.165) is 5.25 Å². The molecule has 1 aliphatic heterocycles. The highest BCUT2D eigenvalue weighted by atomic mass is 32.2. The summed E-state index contributed by atoms with van der Waals surface area (Å²) in [6, 6.07) is 9.43. The van der Waals surface area contributed by atoms with Gasteiger partial charge in [-0.25, -0.2) is 0 Å². The maximum Gasteiger partial charge on any atom is 0.0463 e. The lowest BCUT2D eigenvalue weighted by Crippen LogP contribution is -2.37. The van der Waals surface area contributed by atoms with Gasteiger partial charge in [0.25, 0.3) is 0 Å². The van der Waals surface area contributed by atoms with Gasteiger partial charge in [-0.2, -0.15) is 23.5 Å². The summed E-state index contributed by atoms with van der Waals surface area (Å²) in [7, 11) is 2.11. The summed E-state index contributed by atoms with van der Waals surface area (Å²) >= 11 is 6.19. The van der Waals surface area contributed by atoms with E-state index >= 15 is 0 Å². The molecule has 20 heavy (non-hydrogen) atoms. The van der Waals surface area contributed by atoms with Crippen LogP contribution < -0.4 is 5.32 Å². The zero-order chi connectivity index (χ0) is 13.9. The molecular formula is C16H21NS3. The third-order valence-electron chi connectivity index (χ3n) is 3.98. The van der Waals surface area contributed by atoms with E-state index in [9.17, 15) is 0 Å². The molecule has 0 saturated carbocycles. The second kappa shape index (κ2) is 6.73. The van der Waals surface area contributed by atoms with Gasteiger partial charge in [0.05, 0.1) is 0 Å². The molecule has 0 spiro atoms. The van der Waals surface area contributed by atoms with Crippen molar-refractivity contribution in [2.24, 2.45) is 0 Å². The van der Waals surface area contributed by atoms with Crippen LogP contribution in [0.3, 0.4) is 0 Å². The first-order valence-electron chi connectivity index (χ1n) is 7.21. The van der Waals surface area contributed by atoms with Crippen LogP contribution in [-0.2, 0) is 0 Å². The lowest BCUT2D eigenvalue weighted by molar-refractivity contribution is 0.547. The molecule has 2 aromatic rings. The Bertz CT molecular complexity index is 566. The Morgan fingerprint density at radius 2 is 2.10 bits per heavy atom. The normalized spacial score (nSPS) is 24.9. The molecule has 0 amide bonds. The molecule has 4 heteroatoms. The van der Waals surface area contributed by atoms with Crippen LogP contribution >= 0.6 is 34.9 Å². The van der Waals surface area contributed by atoms with Gasteiger partial charge in [0.2, 0.25) is 0 Å². The Labute approximate surface area is 133 Å². The Balaban J connectivity index is 1.98. The van der Waals surface area contributed by atoms with Gasteiger partial charge >= 0.3 is 0 Å². The average Bonchev–Trinajstić information content (AvgIpc) is 2.98. The van der Waals surface area contributed by atoms with Crippen molar-refractivity contribution in [2.45, 2.75) is 29.9 Å². The van der Waals surface area contributed by atoms with Crippen molar-refractivity contribution in [1.29, 1.82) is 0 Å². The molecular weight excluding hydrogens is 302 g/mol. The molecule has 2 heterocycles. The molecule has 1 N–H and O–H groups in total. The molecule has 0 radical (unpaired) electrons. The highest BCUT2D eigenvalue weighted by molar-refractivity contribution is 8.07. The van der Waals surface area contributed by atoms with Crippen LogP contribution in [0.25, 0.3) is 10.1 Å². The molecule has 1 aliphatic rings. The minimum absolute atomic E-state index is 0.458. The van der Waals surface area contributed by atoms with Gasteiger partial charge in [-0.1, -0.05) is 25.1 Å². The summed E-state index contributed by atoms with van der Waals surface area (Å²) in [5.74, 6) is 2.59. The zero-order valence-corrected chi connectivity index (χ0v) is 14.4. The molecule has 0 bridgehead atoms. The minimum atomic E-state index is 0.458. The van der Waals surface area contributed by atoms with E-state index in [1.165, 1.54) is 33.6 Å². The van der Waals surface area contributed by atoms with Crippen molar-refractivity contribution in [3.05, 3.63) is 35.2 Å². The standard InChI is InChI=1S/C16H21NS3/c1-3-13-16(20-10-9-18-13)14(17-2)12-6-4-5-11-7-8-19-15(11)12/h4-8,13-14,16-17H,3,9-10H2,1-2H3. The van der Waals surface area contributed by atoms with E-state index in [1.54, 1.807) is 0 Å². The smallest absolute Gasteiger partial charge is 0.0463 e. The van der Waals surface area contributed by atoms with E-state index in [1.807, 2.05) is 11.3 Å². The number of hydrogen-bond acceptors (Lipinski definition) is 4. The maximum atomic E-state index is 3.61. The Morgan fingerprint density at radius 1 is 1.25 bits per heavy atom. The van der Waals surface area contributed by atoms with Crippen LogP contribution in [0.1, 0.15) is 24.9 Å². The Morgan fingerprint density at radius 3 is 2.90 bits per heavy atom. The molecule has 108 valence electrons. The number of nitrogens with one attached hydrogen (secondary N) is 1. The van der Waals surface area contributed by atoms with Gasteiger partial charge < -0.3 is 5.32 Å². The summed E-state index contributed by atoms with van der Waals surface area (Å²) in [4.78, 5) is 0. The van der Waals surface area contributed by atoms with Gasteiger partial charge in [0.15, 0.2) is 0 Å². The SMILES string of the molecule is CCC1SCCSC1C(NC)c1cccc2ccsc12. The molecule has 1 fully saturated rings. The first-order valence-corrected chi connectivity index (χ1v) is 10.2. The highest BCUT2D eigenvalue weighted by Crippen LogP contribution is 2.42. The van der Waals surface area contributed by atoms with Crippen LogP contribution in [-0.4, -0.2) is 29.1 Å². The van der Waals surface area contributed by atoms with Gasteiger partial charge in [-0.15, -0.1) is 11.3 Å². The molecule has 3 unspecified atom stereocenters. The molecule has 1 saturated heterocycles. The van der Waals surface area contributed by atoms with Gasteiger partial charge in [-0.3, -0.25) is 0 Å². The number of hydrogen-bond donors (Lipinski definition) is 1. The van der Waals surface area contributed by atoms with E-state index < -0.39 is 0 Å². The van der Waals surface area contributed by atoms with Crippen LogP contribution in [0, 0.1) is 0 Å². The van der Waals surface area contributed by atoms with E-state index in [2.05, 4.69) is 72.5 Å². The fraction of sp³-hybridized carbons (Fsp3) is 0.500. The predicted molar refractivity (Wildman–Crippen MR) is 96.4 cm³/mol.